The maximum absolute atomic E-state index is 12.7. The summed E-state index contributed by atoms with van der Waals surface area (Å²) in [4.78, 5) is 36.5. The monoisotopic (exact) mass is 411 g/mol. The van der Waals surface area contributed by atoms with Gasteiger partial charge in [0.15, 0.2) is 5.16 Å². The summed E-state index contributed by atoms with van der Waals surface area (Å²) in [7, 11) is 1.43. The Hall–Kier alpha value is -3.33. The molecule has 2 aromatic carbocycles. The number of nitrogens with one attached hydrogen (secondary N) is 3. The molecule has 3 rings (SSSR count). The number of aromatic nitrogens is 3. The molecule has 0 radical (unpaired) electrons. The Balaban J connectivity index is 1.83. The summed E-state index contributed by atoms with van der Waals surface area (Å²) in [5, 5.41) is 10.8. The van der Waals surface area contributed by atoms with Crippen molar-refractivity contribution in [2.24, 2.45) is 0 Å². The number of nitrogens with zero attached hydrogens (tertiary/aromatic N) is 2. The molecular weight excluding hydrogens is 390 g/mol. The van der Waals surface area contributed by atoms with Crippen LogP contribution in [0.15, 0.2) is 70.6 Å². The van der Waals surface area contributed by atoms with Crippen LogP contribution in [0, 0.1) is 0 Å². The third-order valence-electron chi connectivity index (χ3n) is 4.22. The molecule has 0 saturated heterocycles. The summed E-state index contributed by atoms with van der Waals surface area (Å²) in [6.45, 7) is 0.417. The Bertz CT molecular complexity index is 1020. The minimum Gasteiger partial charge on any atom is -0.341 e. The Labute approximate surface area is 171 Å². The van der Waals surface area contributed by atoms with Gasteiger partial charge in [0.25, 0.3) is 0 Å². The number of urea groups is 1. The Morgan fingerprint density at radius 2 is 1.76 bits per heavy atom. The SMILES string of the molecule is CNC(=O)NC(=O)[C@@H](Sc1n[nH]c(=O)n1CCc1ccccc1)c1ccccc1. The number of carbonyl (C=O) groups is 2. The lowest BCUT2D eigenvalue weighted by Crippen LogP contribution is -2.39. The molecule has 3 aromatic rings. The molecule has 1 aromatic heterocycles. The molecule has 1 atom stereocenters. The topological polar surface area (TPSA) is 109 Å². The fraction of sp³-hybridized carbons (Fsp3) is 0.200. The van der Waals surface area contributed by atoms with Crippen molar-refractivity contribution in [2.45, 2.75) is 23.4 Å². The summed E-state index contributed by atoms with van der Waals surface area (Å²) >= 11 is 1.11. The molecule has 1 heterocycles. The van der Waals surface area contributed by atoms with Crippen molar-refractivity contribution in [1.82, 2.24) is 25.4 Å². The first-order chi connectivity index (χ1) is 14.1. The van der Waals surface area contributed by atoms with Gasteiger partial charge >= 0.3 is 11.7 Å². The first-order valence-corrected chi connectivity index (χ1v) is 9.89. The van der Waals surface area contributed by atoms with Crippen LogP contribution in [-0.2, 0) is 17.8 Å². The van der Waals surface area contributed by atoms with Gasteiger partial charge in [0, 0.05) is 13.6 Å². The lowest BCUT2D eigenvalue weighted by atomic mass is 10.1. The Morgan fingerprint density at radius 1 is 1.10 bits per heavy atom. The highest BCUT2D eigenvalue weighted by molar-refractivity contribution is 8.00. The number of rotatable bonds is 7. The average Bonchev–Trinajstić information content (AvgIpc) is 3.10. The van der Waals surface area contributed by atoms with E-state index in [-0.39, 0.29) is 5.69 Å². The number of amides is 3. The van der Waals surface area contributed by atoms with Crippen LogP contribution < -0.4 is 16.3 Å². The van der Waals surface area contributed by atoms with Gasteiger partial charge < -0.3 is 5.32 Å². The van der Waals surface area contributed by atoms with Crippen LogP contribution in [0.25, 0.3) is 0 Å². The van der Waals surface area contributed by atoms with Gasteiger partial charge in [-0.3, -0.25) is 14.7 Å². The van der Waals surface area contributed by atoms with Crippen LogP contribution in [-0.4, -0.2) is 33.8 Å². The highest BCUT2D eigenvalue weighted by Crippen LogP contribution is 2.33. The van der Waals surface area contributed by atoms with Gasteiger partial charge in [-0.15, -0.1) is 5.10 Å². The van der Waals surface area contributed by atoms with Crippen molar-refractivity contribution in [1.29, 1.82) is 0 Å². The molecule has 0 aliphatic carbocycles. The molecule has 3 amide bonds. The zero-order chi connectivity index (χ0) is 20.6. The van der Waals surface area contributed by atoms with Gasteiger partial charge in [-0.05, 0) is 17.5 Å². The first-order valence-electron chi connectivity index (χ1n) is 9.02. The van der Waals surface area contributed by atoms with Gasteiger partial charge in [-0.2, -0.15) is 0 Å². The minimum atomic E-state index is -0.751. The molecule has 0 aliphatic heterocycles. The number of hydrogen-bond acceptors (Lipinski definition) is 5. The molecule has 29 heavy (non-hydrogen) atoms. The van der Waals surface area contributed by atoms with Crippen LogP contribution in [0.3, 0.4) is 0 Å². The predicted octanol–water partition coefficient (Wildman–Crippen LogP) is 2.10. The summed E-state index contributed by atoms with van der Waals surface area (Å²) in [6.07, 6.45) is 0.647. The third-order valence-corrected chi connectivity index (χ3v) is 5.46. The lowest BCUT2D eigenvalue weighted by Gasteiger charge is -2.16. The van der Waals surface area contributed by atoms with Crippen LogP contribution in [0.1, 0.15) is 16.4 Å². The average molecular weight is 411 g/mol. The molecule has 0 spiro atoms. The predicted molar refractivity (Wildman–Crippen MR) is 111 cm³/mol. The van der Waals surface area contributed by atoms with Crippen molar-refractivity contribution in [3.05, 3.63) is 82.3 Å². The molecular formula is C20H21N5O3S. The van der Waals surface area contributed by atoms with Gasteiger partial charge in [0.1, 0.15) is 5.25 Å². The van der Waals surface area contributed by atoms with E-state index in [1.165, 1.54) is 11.6 Å². The lowest BCUT2D eigenvalue weighted by molar-refractivity contribution is -0.119. The maximum Gasteiger partial charge on any atom is 0.343 e. The fourth-order valence-electron chi connectivity index (χ4n) is 2.72. The van der Waals surface area contributed by atoms with Crippen molar-refractivity contribution in [3.8, 4) is 0 Å². The Morgan fingerprint density at radius 3 is 2.41 bits per heavy atom. The molecule has 0 aliphatic rings. The van der Waals surface area contributed by atoms with E-state index in [1.54, 1.807) is 12.1 Å². The van der Waals surface area contributed by atoms with Gasteiger partial charge in [-0.25, -0.2) is 14.7 Å². The van der Waals surface area contributed by atoms with Gasteiger partial charge in [0.05, 0.1) is 0 Å². The highest BCUT2D eigenvalue weighted by Gasteiger charge is 2.26. The number of thioether (sulfide) groups is 1. The van der Waals surface area contributed by atoms with Crippen LogP contribution in [0.5, 0.6) is 0 Å². The van der Waals surface area contributed by atoms with Crippen molar-refractivity contribution in [2.75, 3.05) is 7.05 Å². The van der Waals surface area contributed by atoms with Gasteiger partial charge in [0.2, 0.25) is 5.91 Å². The highest BCUT2D eigenvalue weighted by atomic mass is 32.2. The van der Waals surface area contributed by atoms with E-state index in [0.717, 1.165) is 17.3 Å². The van der Waals surface area contributed by atoms with E-state index in [1.807, 2.05) is 48.5 Å². The molecule has 150 valence electrons. The normalized spacial score (nSPS) is 11.6. The van der Waals surface area contributed by atoms with Crippen molar-refractivity contribution in [3.63, 3.8) is 0 Å². The number of benzene rings is 2. The second-order valence-corrected chi connectivity index (χ2v) is 7.25. The zero-order valence-electron chi connectivity index (χ0n) is 15.8. The molecule has 8 nitrogen and oxygen atoms in total. The second kappa shape index (κ2) is 9.74. The number of hydrogen-bond donors (Lipinski definition) is 3. The summed E-state index contributed by atoms with van der Waals surface area (Å²) in [6, 6.07) is 18.2. The van der Waals surface area contributed by atoms with E-state index in [2.05, 4.69) is 20.8 Å². The van der Waals surface area contributed by atoms with Crippen LogP contribution in [0.2, 0.25) is 0 Å². The third kappa shape index (κ3) is 5.35. The second-order valence-electron chi connectivity index (χ2n) is 6.18. The van der Waals surface area contributed by atoms with Crippen molar-refractivity contribution >= 4 is 23.7 Å². The van der Waals surface area contributed by atoms with Crippen LogP contribution >= 0.6 is 11.8 Å². The van der Waals surface area contributed by atoms with E-state index in [9.17, 15) is 14.4 Å². The Kier molecular flexibility index (Phi) is 6.85. The molecule has 0 saturated carbocycles. The summed E-state index contributed by atoms with van der Waals surface area (Å²) in [5.41, 5.74) is 1.44. The molecule has 9 heteroatoms. The van der Waals surface area contributed by atoms with Crippen molar-refractivity contribution < 1.29 is 9.59 Å². The number of aryl methyl sites for hydroxylation is 1. The molecule has 0 bridgehead atoms. The molecule has 0 fully saturated rings. The van der Waals surface area contributed by atoms with E-state index in [0.29, 0.717) is 23.7 Å². The summed E-state index contributed by atoms with van der Waals surface area (Å²) < 4.78 is 1.50. The largest absolute Gasteiger partial charge is 0.343 e. The van der Waals surface area contributed by atoms with E-state index in [4.69, 9.17) is 0 Å². The first kappa shape index (κ1) is 20.4. The standard InChI is InChI=1S/C20H21N5O3S/c1-21-18(27)22-17(26)16(15-10-6-3-7-11-15)29-20-24-23-19(28)25(20)13-12-14-8-4-2-5-9-14/h2-11,16H,12-13H2,1H3,(H,23,28)(H2,21,22,26,27)/t16-/m0/s1. The molecule has 3 N–H and O–H groups in total. The van der Waals surface area contributed by atoms with Crippen LogP contribution in [0.4, 0.5) is 4.79 Å². The zero-order valence-corrected chi connectivity index (χ0v) is 16.6. The fourth-order valence-corrected chi connectivity index (χ4v) is 3.79. The number of H-pyrrole nitrogens is 1. The summed E-state index contributed by atoms with van der Waals surface area (Å²) in [5.74, 6) is -0.495. The van der Waals surface area contributed by atoms with Gasteiger partial charge in [-0.1, -0.05) is 72.4 Å². The number of aromatic amines is 1. The smallest absolute Gasteiger partial charge is 0.341 e. The van der Waals surface area contributed by atoms with E-state index < -0.39 is 17.2 Å². The van der Waals surface area contributed by atoms with E-state index >= 15 is 0 Å². The molecule has 0 unspecified atom stereocenters. The quantitative estimate of drug-likeness (QED) is 0.516. The number of carbonyl (C=O) groups excluding carboxylic acids is 2. The number of imide groups is 1. The minimum absolute atomic E-state index is 0.345. The maximum atomic E-state index is 12.7.